The molecule has 0 bridgehead atoms. The molecule has 1 aromatic carbocycles. The van der Waals surface area contributed by atoms with Gasteiger partial charge in [-0.3, -0.25) is 0 Å². The van der Waals surface area contributed by atoms with Crippen molar-refractivity contribution in [2.45, 2.75) is 13.0 Å². The van der Waals surface area contributed by atoms with E-state index in [1.54, 1.807) is 19.1 Å². The SMILES string of the molecule is CC(O)c1cc(N)ccc1O. The first kappa shape index (κ1) is 7.88. The normalized spacial score (nSPS) is 12.9. The van der Waals surface area contributed by atoms with E-state index in [2.05, 4.69) is 0 Å². The Kier molecular flexibility index (Phi) is 2.01. The van der Waals surface area contributed by atoms with Gasteiger partial charge in [0.25, 0.3) is 0 Å². The first-order valence-corrected chi connectivity index (χ1v) is 3.37. The molecule has 0 saturated carbocycles. The molecule has 0 aliphatic carbocycles. The van der Waals surface area contributed by atoms with Crippen molar-refractivity contribution < 1.29 is 10.2 Å². The zero-order valence-corrected chi connectivity index (χ0v) is 6.28. The number of hydrogen-bond donors (Lipinski definition) is 3. The number of aromatic hydroxyl groups is 1. The van der Waals surface area contributed by atoms with Crippen molar-refractivity contribution in [2.75, 3.05) is 5.73 Å². The Morgan fingerprint density at radius 2 is 2.09 bits per heavy atom. The van der Waals surface area contributed by atoms with Gasteiger partial charge in [0.1, 0.15) is 5.75 Å². The Morgan fingerprint density at radius 3 is 2.55 bits per heavy atom. The van der Waals surface area contributed by atoms with Crippen molar-refractivity contribution in [2.24, 2.45) is 0 Å². The maximum absolute atomic E-state index is 9.19. The summed E-state index contributed by atoms with van der Waals surface area (Å²) in [4.78, 5) is 0. The molecule has 0 radical (unpaired) electrons. The molecule has 0 amide bonds. The lowest BCUT2D eigenvalue weighted by Gasteiger charge is -2.07. The number of benzene rings is 1. The molecular weight excluding hydrogens is 142 g/mol. The fourth-order valence-electron chi connectivity index (χ4n) is 0.908. The van der Waals surface area contributed by atoms with Crippen LogP contribution in [0.2, 0.25) is 0 Å². The second-order valence-electron chi connectivity index (χ2n) is 2.49. The molecule has 4 N–H and O–H groups in total. The Balaban J connectivity index is 3.13. The van der Waals surface area contributed by atoms with Crippen LogP contribution in [0.25, 0.3) is 0 Å². The molecule has 3 heteroatoms. The van der Waals surface area contributed by atoms with E-state index in [-0.39, 0.29) is 5.75 Å². The van der Waals surface area contributed by atoms with Crippen LogP contribution in [0.3, 0.4) is 0 Å². The van der Waals surface area contributed by atoms with Crippen LogP contribution < -0.4 is 5.73 Å². The lowest BCUT2D eigenvalue weighted by atomic mass is 10.1. The van der Waals surface area contributed by atoms with Gasteiger partial charge in [-0.05, 0) is 25.1 Å². The van der Waals surface area contributed by atoms with Crippen LogP contribution >= 0.6 is 0 Å². The number of aliphatic hydroxyl groups excluding tert-OH is 1. The number of rotatable bonds is 1. The van der Waals surface area contributed by atoms with Crippen molar-refractivity contribution >= 4 is 5.69 Å². The van der Waals surface area contributed by atoms with E-state index in [4.69, 9.17) is 10.8 Å². The van der Waals surface area contributed by atoms with Gasteiger partial charge in [-0.15, -0.1) is 0 Å². The predicted octanol–water partition coefficient (Wildman–Crippen LogP) is 1.03. The van der Waals surface area contributed by atoms with Crippen molar-refractivity contribution in [3.8, 4) is 5.75 Å². The maximum atomic E-state index is 9.19. The van der Waals surface area contributed by atoms with Gasteiger partial charge in [0.05, 0.1) is 6.10 Å². The largest absolute Gasteiger partial charge is 0.508 e. The molecular formula is C8H11NO2. The summed E-state index contributed by atoms with van der Waals surface area (Å²) in [5.74, 6) is 0.0780. The predicted molar refractivity (Wildman–Crippen MR) is 43.2 cm³/mol. The third-order valence-corrected chi connectivity index (χ3v) is 1.50. The van der Waals surface area contributed by atoms with Gasteiger partial charge in [-0.1, -0.05) is 0 Å². The summed E-state index contributed by atoms with van der Waals surface area (Å²) in [6.07, 6.45) is -0.682. The minimum Gasteiger partial charge on any atom is -0.508 e. The zero-order valence-electron chi connectivity index (χ0n) is 6.28. The van der Waals surface area contributed by atoms with Crippen LogP contribution in [-0.2, 0) is 0 Å². The lowest BCUT2D eigenvalue weighted by Crippen LogP contribution is -1.93. The number of nitrogens with two attached hydrogens (primary N) is 1. The molecule has 3 nitrogen and oxygen atoms in total. The smallest absolute Gasteiger partial charge is 0.121 e. The first-order chi connectivity index (χ1) is 5.11. The second kappa shape index (κ2) is 2.80. The molecule has 0 spiro atoms. The summed E-state index contributed by atoms with van der Waals surface area (Å²) < 4.78 is 0. The molecule has 60 valence electrons. The topological polar surface area (TPSA) is 66.5 Å². The molecule has 1 aromatic rings. The number of phenols is 1. The summed E-state index contributed by atoms with van der Waals surface area (Å²) in [5, 5.41) is 18.3. The first-order valence-electron chi connectivity index (χ1n) is 3.37. The van der Waals surface area contributed by atoms with Crippen LogP contribution in [0.5, 0.6) is 5.75 Å². The fourth-order valence-corrected chi connectivity index (χ4v) is 0.908. The van der Waals surface area contributed by atoms with Crippen molar-refractivity contribution in [1.29, 1.82) is 0 Å². The molecule has 11 heavy (non-hydrogen) atoms. The monoisotopic (exact) mass is 153 g/mol. The average Bonchev–Trinajstić information content (AvgIpc) is 1.94. The van der Waals surface area contributed by atoms with E-state index in [0.717, 1.165) is 0 Å². The highest BCUT2D eigenvalue weighted by atomic mass is 16.3. The van der Waals surface area contributed by atoms with Crippen LogP contribution in [0.1, 0.15) is 18.6 Å². The van der Waals surface area contributed by atoms with Gasteiger partial charge < -0.3 is 15.9 Å². The van der Waals surface area contributed by atoms with Gasteiger partial charge in [-0.2, -0.15) is 0 Å². The minimum absolute atomic E-state index is 0.0780. The van der Waals surface area contributed by atoms with E-state index in [0.29, 0.717) is 11.3 Å². The van der Waals surface area contributed by atoms with Crippen LogP contribution in [0.4, 0.5) is 5.69 Å². The van der Waals surface area contributed by atoms with Gasteiger partial charge >= 0.3 is 0 Å². The van der Waals surface area contributed by atoms with Crippen molar-refractivity contribution in [3.05, 3.63) is 23.8 Å². The highest BCUT2D eigenvalue weighted by molar-refractivity contribution is 5.47. The number of nitrogen functional groups attached to an aromatic ring is 1. The second-order valence-corrected chi connectivity index (χ2v) is 2.49. The highest BCUT2D eigenvalue weighted by Gasteiger charge is 2.06. The van der Waals surface area contributed by atoms with E-state index in [1.807, 2.05) is 0 Å². The maximum Gasteiger partial charge on any atom is 0.121 e. The van der Waals surface area contributed by atoms with Crippen LogP contribution in [0, 0.1) is 0 Å². The number of phenolic OH excluding ortho intramolecular Hbond substituents is 1. The summed E-state index contributed by atoms with van der Waals surface area (Å²) in [7, 11) is 0. The quantitative estimate of drug-likeness (QED) is 0.417. The van der Waals surface area contributed by atoms with Gasteiger partial charge in [0.15, 0.2) is 0 Å². The lowest BCUT2D eigenvalue weighted by molar-refractivity contribution is 0.195. The minimum atomic E-state index is -0.682. The van der Waals surface area contributed by atoms with E-state index >= 15 is 0 Å². The molecule has 0 heterocycles. The third kappa shape index (κ3) is 1.62. The number of anilines is 1. The van der Waals surface area contributed by atoms with Crippen molar-refractivity contribution in [3.63, 3.8) is 0 Å². The van der Waals surface area contributed by atoms with E-state index < -0.39 is 6.10 Å². The van der Waals surface area contributed by atoms with Gasteiger partial charge in [0.2, 0.25) is 0 Å². The summed E-state index contributed by atoms with van der Waals surface area (Å²) in [6.45, 7) is 1.58. The molecule has 1 atom stereocenters. The summed E-state index contributed by atoms with van der Waals surface area (Å²) in [5.41, 5.74) is 6.45. The standard InChI is InChI=1S/C8H11NO2/c1-5(10)7-4-6(9)2-3-8(7)11/h2-5,10-11H,9H2,1H3. The fraction of sp³-hybridized carbons (Fsp3) is 0.250. The number of aliphatic hydroxyl groups is 1. The molecule has 0 fully saturated rings. The Hall–Kier alpha value is -1.22. The molecule has 1 rings (SSSR count). The van der Waals surface area contributed by atoms with E-state index in [1.165, 1.54) is 6.07 Å². The zero-order chi connectivity index (χ0) is 8.43. The Labute approximate surface area is 65.1 Å². The number of hydrogen-bond acceptors (Lipinski definition) is 3. The molecule has 1 unspecified atom stereocenters. The molecule has 0 saturated heterocycles. The highest BCUT2D eigenvalue weighted by Crippen LogP contribution is 2.25. The average molecular weight is 153 g/mol. The Bertz CT molecular complexity index is 258. The molecule has 0 aliphatic rings. The molecule has 0 aromatic heterocycles. The van der Waals surface area contributed by atoms with Gasteiger partial charge in [0, 0.05) is 11.3 Å². The Morgan fingerprint density at radius 1 is 1.45 bits per heavy atom. The van der Waals surface area contributed by atoms with Gasteiger partial charge in [-0.25, -0.2) is 0 Å². The van der Waals surface area contributed by atoms with Crippen molar-refractivity contribution in [1.82, 2.24) is 0 Å². The van der Waals surface area contributed by atoms with Crippen LogP contribution in [-0.4, -0.2) is 10.2 Å². The third-order valence-electron chi connectivity index (χ3n) is 1.50. The van der Waals surface area contributed by atoms with Crippen LogP contribution in [0.15, 0.2) is 18.2 Å². The van der Waals surface area contributed by atoms with E-state index in [9.17, 15) is 5.11 Å². The summed E-state index contributed by atoms with van der Waals surface area (Å²) >= 11 is 0. The molecule has 0 aliphatic heterocycles. The summed E-state index contributed by atoms with van der Waals surface area (Å²) in [6, 6.07) is 4.61.